The van der Waals surface area contributed by atoms with Crippen molar-refractivity contribution in [3.8, 4) is 0 Å². The van der Waals surface area contributed by atoms with Crippen LogP contribution < -0.4 is 10.2 Å². The Morgan fingerprint density at radius 2 is 2.00 bits per heavy atom. The van der Waals surface area contributed by atoms with Crippen LogP contribution in [-0.2, 0) is 19.1 Å². The van der Waals surface area contributed by atoms with Gasteiger partial charge in [0.15, 0.2) is 0 Å². The molecule has 2 unspecified atom stereocenters. The van der Waals surface area contributed by atoms with E-state index in [0.29, 0.717) is 6.54 Å². The smallest absolute Gasteiger partial charge is 0.307 e. The summed E-state index contributed by atoms with van der Waals surface area (Å²) in [6.45, 7) is 4.08. The van der Waals surface area contributed by atoms with Gasteiger partial charge in [0.2, 0.25) is 11.8 Å². The summed E-state index contributed by atoms with van der Waals surface area (Å²) in [5.41, 5.74) is 1.92. The number of methoxy groups -OCH3 is 1. The molecule has 0 radical (unpaired) electrons. The fourth-order valence-corrected chi connectivity index (χ4v) is 2.60. The zero-order valence-electron chi connectivity index (χ0n) is 13.7. The minimum atomic E-state index is -0.399. The lowest BCUT2D eigenvalue weighted by atomic mass is 10.1. The number of esters is 1. The average molecular weight is 318 g/mol. The maximum Gasteiger partial charge on any atom is 0.307 e. The Morgan fingerprint density at radius 3 is 2.61 bits per heavy atom. The second-order valence-electron chi connectivity index (χ2n) is 5.93. The summed E-state index contributed by atoms with van der Waals surface area (Å²) in [6.07, 6.45) is 0.301. The monoisotopic (exact) mass is 318 g/mol. The molecule has 2 atom stereocenters. The Balaban J connectivity index is 1.95. The molecular weight excluding hydrogens is 296 g/mol. The Kier molecular flexibility index (Phi) is 5.36. The summed E-state index contributed by atoms with van der Waals surface area (Å²) in [6, 6.07) is 7.32. The van der Waals surface area contributed by atoms with Crippen LogP contribution in [0.1, 0.15) is 25.3 Å². The van der Waals surface area contributed by atoms with Gasteiger partial charge in [-0.25, -0.2) is 0 Å². The second-order valence-corrected chi connectivity index (χ2v) is 5.93. The van der Waals surface area contributed by atoms with Gasteiger partial charge in [-0.1, -0.05) is 17.7 Å². The summed E-state index contributed by atoms with van der Waals surface area (Å²) in [5.74, 6) is -1.04. The van der Waals surface area contributed by atoms with E-state index in [1.54, 1.807) is 11.8 Å². The van der Waals surface area contributed by atoms with E-state index in [-0.39, 0.29) is 36.7 Å². The summed E-state index contributed by atoms with van der Waals surface area (Å²) < 4.78 is 4.58. The van der Waals surface area contributed by atoms with Crippen molar-refractivity contribution in [3.05, 3.63) is 29.8 Å². The van der Waals surface area contributed by atoms with Crippen molar-refractivity contribution >= 4 is 23.5 Å². The molecule has 2 rings (SSSR count). The molecule has 1 fully saturated rings. The highest BCUT2D eigenvalue weighted by Crippen LogP contribution is 2.25. The van der Waals surface area contributed by atoms with Crippen LogP contribution in [0.25, 0.3) is 0 Å². The van der Waals surface area contributed by atoms with E-state index in [1.165, 1.54) is 7.11 Å². The zero-order chi connectivity index (χ0) is 17.0. The standard InChI is InChI=1S/C17H22N2O4/c1-11-4-6-14(7-5-11)19-10-13(9-15(19)20)17(22)18-12(2)8-16(21)23-3/h4-7,12-13H,8-10H2,1-3H3,(H,18,22). The van der Waals surface area contributed by atoms with Crippen LogP contribution in [-0.4, -0.2) is 37.5 Å². The second kappa shape index (κ2) is 7.26. The Bertz CT molecular complexity index is 597. The summed E-state index contributed by atoms with van der Waals surface area (Å²) in [5, 5.41) is 2.77. The van der Waals surface area contributed by atoms with Crippen molar-refractivity contribution in [2.45, 2.75) is 32.7 Å². The van der Waals surface area contributed by atoms with Gasteiger partial charge >= 0.3 is 5.97 Å². The largest absolute Gasteiger partial charge is 0.469 e. The molecule has 0 aromatic heterocycles. The van der Waals surface area contributed by atoms with Crippen molar-refractivity contribution in [3.63, 3.8) is 0 Å². The number of benzene rings is 1. The van der Waals surface area contributed by atoms with Crippen LogP contribution in [0, 0.1) is 12.8 Å². The molecule has 0 spiro atoms. The molecule has 0 saturated carbocycles. The SMILES string of the molecule is COC(=O)CC(C)NC(=O)C1CC(=O)N(c2ccc(C)cc2)C1. The third-order valence-corrected chi connectivity index (χ3v) is 3.93. The molecule has 23 heavy (non-hydrogen) atoms. The summed E-state index contributed by atoms with van der Waals surface area (Å²) in [7, 11) is 1.31. The van der Waals surface area contributed by atoms with Crippen molar-refractivity contribution in [1.29, 1.82) is 0 Å². The van der Waals surface area contributed by atoms with E-state index in [0.717, 1.165) is 11.3 Å². The number of nitrogens with one attached hydrogen (secondary N) is 1. The predicted octanol–water partition coefficient (Wildman–Crippen LogP) is 1.42. The third-order valence-electron chi connectivity index (χ3n) is 3.93. The van der Waals surface area contributed by atoms with E-state index in [2.05, 4.69) is 10.1 Å². The van der Waals surface area contributed by atoms with Gasteiger partial charge in [0, 0.05) is 24.7 Å². The van der Waals surface area contributed by atoms with Gasteiger partial charge in [0.05, 0.1) is 19.4 Å². The van der Waals surface area contributed by atoms with Crippen LogP contribution in [0.5, 0.6) is 0 Å². The van der Waals surface area contributed by atoms with Crippen LogP contribution in [0.4, 0.5) is 5.69 Å². The molecule has 6 nitrogen and oxygen atoms in total. The van der Waals surface area contributed by atoms with Crippen molar-refractivity contribution in [2.75, 3.05) is 18.6 Å². The fourth-order valence-electron chi connectivity index (χ4n) is 2.60. The van der Waals surface area contributed by atoms with Crippen molar-refractivity contribution in [2.24, 2.45) is 5.92 Å². The van der Waals surface area contributed by atoms with E-state index >= 15 is 0 Å². The van der Waals surface area contributed by atoms with Gasteiger partial charge in [-0.15, -0.1) is 0 Å². The lowest BCUT2D eigenvalue weighted by Crippen LogP contribution is -2.39. The Morgan fingerprint density at radius 1 is 1.35 bits per heavy atom. The zero-order valence-corrected chi connectivity index (χ0v) is 13.7. The lowest BCUT2D eigenvalue weighted by Gasteiger charge is -2.18. The number of hydrogen-bond acceptors (Lipinski definition) is 4. The molecule has 1 heterocycles. The number of aryl methyl sites for hydroxylation is 1. The number of carbonyl (C=O) groups is 3. The third kappa shape index (κ3) is 4.31. The van der Waals surface area contributed by atoms with Gasteiger partial charge in [-0.3, -0.25) is 14.4 Å². The van der Waals surface area contributed by atoms with Crippen molar-refractivity contribution in [1.82, 2.24) is 5.32 Å². The molecule has 1 N–H and O–H groups in total. The number of hydrogen-bond donors (Lipinski definition) is 1. The highest BCUT2D eigenvalue weighted by molar-refractivity contribution is 6.00. The minimum Gasteiger partial charge on any atom is -0.469 e. The van der Waals surface area contributed by atoms with Gasteiger partial charge in [-0.2, -0.15) is 0 Å². The lowest BCUT2D eigenvalue weighted by molar-refractivity contribution is -0.141. The molecule has 1 aliphatic rings. The summed E-state index contributed by atoms with van der Waals surface area (Å²) in [4.78, 5) is 37.3. The number of carbonyl (C=O) groups excluding carboxylic acids is 3. The van der Waals surface area contributed by atoms with Gasteiger partial charge in [0.1, 0.15) is 0 Å². The Hall–Kier alpha value is -2.37. The quantitative estimate of drug-likeness (QED) is 0.833. The van der Waals surface area contributed by atoms with Gasteiger partial charge in [-0.05, 0) is 26.0 Å². The highest BCUT2D eigenvalue weighted by Gasteiger charge is 2.35. The maximum absolute atomic E-state index is 12.3. The number of rotatable bonds is 5. The van der Waals surface area contributed by atoms with Gasteiger partial charge in [0.25, 0.3) is 0 Å². The van der Waals surface area contributed by atoms with E-state index in [9.17, 15) is 14.4 Å². The first-order chi connectivity index (χ1) is 10.9. The molecule has 1 saturated heterocycles. The van der Waals surface area contributed by atoms with E-state index in [1.807, 2.05) is 31.2 Å². The predicted molar refractivity (Wildman–Crippen MR) is 85.9 cm³/mol. The molecule has 1 aromatic carbocycles. The minimum absolute atomic E-state index is 0.0605. The highest BCUT2D eigenvalue weighted by atomic mass is 16.5. The number of amides is 2. The normalized spacial score (nSPS) is 18.7. The average Bonchev–Trinajstić information content (AvgIpc) is 2.90. The maximum atomic E-state index is 12.3. The van der Waals surface area contributed by atoms with Crippen LogP contribution in [0.3, 0.4) is 0 Å². The molecular formula is C17H22N2O4. The number of ether oxygens (including phenoxy) is 1. The Labute approximate surface area is 135 Å². The number of anilines is 1. The molecule has 1 aliphatic heterocycles. The van der Waals surface area contributed by atoms with E-state index in [4.69, 9.17) is 0 Å². The molecule has 124 valence electrons. The van der Waals surface area contributed by atoms with E-state index < -0.39 is 5.92 Å². The van der Waals surface area contributed by atoms with Crippen molar-refractivity contribution < 1.29 is 19.1 Å². The topological polar surface area (TPSA) is 75.7 Å². The van der Waals surface area contributed by atoms with Crippen LogP contribution in [0.15, 0.2) is 24.3 Å². The first-order valence-corrected chi connectivity index (χ1v) is 7.65. The first-order valence-electron chi connectivity index (χ1n) is 7.65. The molecule has 2 amide bonds. The van der Waals surface area contributed by atoms with Gasteiger partial charge < -0.3 is 15.0 Å². The molecule has 6 heteroatoms. The number of nitrogens with zero attached hydrogens (tertiary/aromatic N) is 1. The molecule has 0 bridgehead atoms. The first kappa shape index (κ1) is 17.0. The van der Waals surface area contributed by atoms with Crippen LogP contribution >= 0.6 is 0 Å². The molecule has 1 aromatic rings. The fraction of sp³-hybridized carbons (Fsp3) is 0.471. The molecule has 0 aliphatic carbocycles. The van der Waals surface area contributed by atoms with Crippen LogP contribution in [0.2, 0.25) is 0 Å². The summed E-state index contributed by atoms with van der Waals surface area (Å²) >= 11 is 0.